The van der Waals surface area contributed by atoms with Gasteiger partial charge in [0.2, 0.25) is 11.8 Å². The van der Waals surface area contributed by atoms with Crippen molar-refractivity contribution >= 4 is 17.5 Å². The van der Waals surface area contributed by atoms with Crippen LogP contribution in [-0.2, 0) is 16.1 Å². The van der Waals surface area contributed by atoms with E-state index < -0.39 is 0 Å². The molecule has 0 saturated heterocycles. The third kappa shape index (κ3) is 5.81. The van der Waals surface area contributed by atoms with E-state index in [0.29, 0.717) is 24.5 Å². The molecular formula is C20H24N2O4. The van der Waals surface area contributed by atoms with Gasteiger partial charge in [-0.15, -0.1) is 0 Å². The van der Waals surface area contributed by atoms with E-state index in [4.69, 9.17) is 9.47 Å². The number of ether oxygens (including phenoxy) is 2. The van der Waals surface area contributed by atoms with Crippen LogP contribution in [0.2, 0.25) is 0 Å². The van der Waals surface area contributed by atoms with Crippen LogP contribution in [0.3, 0.4) is 0 Å². The van der Waals surface area contributed by atoms with E-state index in [1.165, 1.54) is 6.92 Å². The van der Waals surface area contributed by atoms with Gasteiger partial charge in [-0.05, 0) is 29.8 Å². The van der Waals surface area contributed by atoms with Gasteiger partial charge in [-0.1, -0.05) is 18.2 Å². The fraction of sp³-hybridized carbons (Fsp3) is 0.300. The van der Waals surface area contributed by atoms with Crippen LogP contribution in [0.1, 0.15) is 18.9 Å². The molecule has 0 saturated carbocycles. The summed E-state index contributed by atoms with van der Waals surface area (Å²) < 4.78 is 10.3. The van der Waals surface area contributed by atoms with Gasteiger partial charge in [0.05, 0.1) is 14.2 Å². The Labute approximate surface area is 153 Å². The molecule has 2 aromatic carbocycles. The second kappa shape index (κ2) is 9.46. The fourth-order valence-electron chi connectivity index (χ4n) is 2.46. The third-order valence-corrected chi connectivity index (χ3v) is 3.94. The van der Waals surface area contributed by atoms with E-state index in [-0.39, 0.29) is 18.2 Å². The van der Waals surface area contributed by atoms with Crippen LogP contribution >= 0.6 is 0 Å². The standard InChI is InChI=1S/C20H24N2O4/c1-15(23)22(14-16-7-9-18(25-2)10-8-16)12-11-20(24)21-17-5-4-6-19(13-17)26-3/h4-10,13H,11-12,14H2,1-3H3,(H,21,24). The first-order chi connectivity index (χ1) is 12.5. The lowest BCUT2D eigenvalue weighted by atomic mass is 10.2. The molecule has 138 valence electrons. The maximum Gasteiger partial charge on any atom is 0.226 e. The van der Waals surface area contributed by atoms with E-state index in [2.05, 4.69) is 5.32 Å². The van der Waals surface area contributed by atoms with Crippen molar-refractivity contribution in [1.29, 1.82) is 0 Å². The molecule has 1 N–H and O–H groups in total. The third-order valence-electron chi connectivity index (χ3n) is 3.94. The van der Waals surface area contributed by atoms with Crippen LogP contribution in [0.4, 0.5) is 5.69 Å². The van der Waals surface area contributed by atoms with E-state index in [9.17, 15) is 9.59 Å². The quantitative estimate of drug-likeness (QED) is 0.789. The fourth-order valence-corrected chi connectivity index (χ4v) is 2.46. The zero-order valence-corrected chi connectivity index (χ0v) is 15.3. The summed E-state index contributed by atoms with van der Waals surface area (Å²) in [7, 11) is 3.18. The van der Waals surface area contributed by atoms with Crippen molar-refractivity contribution in [3.8, 4) is 11.5 Å². The summed E-state index contributed by atoms with van der Waals surface area (Å²) in [4.78, 5) is 25.7. The van der Waals surface area contributed by atoms with Gasteiger partial charge in [0.15, 0.2) is 0 Å². The van der Waals surface area contributed by atoms with Gasteiger partial charge < -0.3 is 19.7 Å². The van der Waals surface area contributed by atoms with E-state index in [0.717, 1.165) is 11.3 Å². The zero-order valence-electron chi connectivity index (χ0n) is 15.3. The molecule has 2 amide bonds. The van der Waals surface area contributed by atoms with E-state index >= 15 is 0 Å². The number of carbonyl (C=O) groups is 2. The van der Waals surface area contributed by atoms with Crippen molar-refractivity contribution in [1.82, 2.24) is 4.90 Å². The van der Waals surface area contributed by atoms with Gasteiger partial charge >= 0.3 is 0 Å². The van der Waals surface area contributed by atoms with Gasteiger partial charge in [0.25, 0.3) is 0 Å². The number of carbonyl (C=O) groups excluding carboxylic acids is 2. The highest BCUT2D eigenvalue weighted by Gasteiger charge is 2.12. The predicted octanol–water partition coefficient (Wildman–Crippen LogP) is 3.08. The maximum atomic E-state index is 12.2. The van der Waals surface area contributed by atoms with Gasteiger partial charge in [0.1, 0.15) is 11.5 Å². The SMILES string of the molecule is COc1ccc(CN(CCC(=O)Nc2cccc(OC)c2)C(C)=O)cc1. The second-order valence-corrected chi connectivity index (χ2v) is 5.82. The number of amides is 2. The molecule has 0 aliphatic carbocycles. The highest BCUT2D eigenvalue weighted by molar-refractivity contribution is 5.91. The molecule has 2 rings (SSSR count). The predicted molar refractivity (Wildman–Crippen MR) is 100 cm³/mol. The molecule has 2 aromatic rings. The largest absolute Gasteiger partial charge is 0.497 e. The lowest BCUT2D eigenvalue weighted by molar-refractivity contribution is -0.129. The van der Waals surface area contributed by atoms with Crippen molar-refractivity contribution in [2.75, 3.05) is 26.1 Å². The molecule has 0 aromatic heterocycles. The van der Waals surface area contributed by atoms with Crippen LogP contribution in [0.25, 0.3) is 0 Å². The monoisotopic (exact) mass is 356 g/mol. The number of nitrogens with one attached hydrogen (secondary N) is 1. The Bertz CT molecular complexity index is 744. The molecule has 6 nitrogen and oxygen atoms in total. The van der Waals surface area contributed by atoms with Crippen LogP contribution < -0.4 is 14.8 Å². The van der Waals surface area contributed by atoms with Crippen molar-refractivity contribution < 1.29 is 19.1 Å². The minimum atomic E-state index is -0.153. The zero-order chi connectivity index (χ0) is 18.9. The van der Waals surface area contributed by atoms with Gasteiger partial charge in [-0.2, -0.15) is 0 Å². The minimum Gasteiger partial charge on any atom is -0.497 e. The number of benzene rings is 2. The average Bonchev–Trinajstić information content (AvgIpc) is 2.65. The number of rotatable bonds is 8. The Hall–Kier alpha value is -3.02. The van der Waals surface area contributed by atoms with Gasteiger partial charge in [-0.25, -0.2) is 0 Å². The molecule has 0 spiro atoms. The van der Waals surface area contributed by atoms with Gasteiger partial charge in [-0.3, -0.25) is 9.59 Å². The lowest BCUT2D eigenvalue weighted by Gasteiger charge is -2.21. The Morgan fingerprint density at radius 2 is 1.69 bits per heavy atom. The molecule has 0 aliphatic rings. The summed E-state index contributed by atoms with van der Waals surface area (Å²) in [5.74, 6) is 1.21. The molecule has 0 bridgehead atoms. The normalized spacial score (nSPS) is 10.1. The Morgan fingerprint density at radius 1 is 1.00 bits per heavy atom. The summed E-state index contributed by atoms with van der Waals surface area (Å²) in [5.41, 5.74) is 1.65. The molecule has 26 heavy (non-hydrogen) atoms. The summed E-state index contributed by atoms with van der Waals surface area (Å²) in [6.07, 6.45) is 0.215. The molecule has 0 fully saturated rings. The summed E-state index contributed by atoms with van der Waals surface area (Å²) in [6.45, 7) is 2.30. The highest BCUT2D eigenvalue weighted by atomic mass is 16.5. The number of methoxy groups -OCH3 is 2. The molecule has 0 unspecified atom stereocenters. The van der Waals surface area contributed by atoms with Crippen molar-refractivity contribution in [2.24, 2.45) is 0 Å². The molecule has 0 aliphatic heterocycles. The topological polar surface area (TPSA) is 67.9 Å². The number of hydrogen-bond donors (Lipinski definition) is 1. The molecular weight excluding hydrogens is 332 g/mol. The van der Waals surface area contributed by atoms with Crippen molar-refractivity contribution in [3.63, 3.8) is 0 Å². The van der Waals surface area contributed by atoms with Crippen molar-refractivity contribution in [3.05, 3.63) is 54.1 Å². The number of nitrogens with zero attached hydrogens (tertiary/aromatic N) is 1. The van der Waals surface area contributed by atoms with Gasteiger partial charge in [0, 0.05) is 38.2 Å². The Morgan fingerprint density at radius 3 is 2.31 bits per heavy atom. The first-order valence-electron chi connectivity index (χ1n) is 8.34. The van der Waals surface area contributed by atoms with Crippen molar-refractivity contribution in [2.45, 2.75) is 19.9 Å². The summed E-state index contributed by atoms with van der Waals surface area (Å²) in [5, 5.41) is 2.82. The smallest absolute Gasteiger partial charge is 0.226 e. The molecule has 0 radical (unpaired) electrons. The second-order valence-electron chi connectivity index (χ2n) is 5.82. The van der Waals surface area contributed by atoms with Crippen LogP contribution in [0.5, 0.6) is 11.5 Å². The van der Waals surface area contributed by atoms with E-state index in [1.807, 2.05) is 30.3 Å². The Balaban J connectivity index is 1.90. The maximum absolute atomic E-state index is 12.2. The number of anilines is 1. The summed E-state index contributed by atoms with van der Waals surface area (Å²) in [6, 6.07) is 14.7. The molecule has 0 atom stereocenters. The van der Waals surface area contributed by atoms with Crippen LogP contribution in [0, 0.1) is 0 Å². The highest BCUT2D eigenvalue weighted by Crippen LogP contribution is 2.17. The minimum absolute atomic E-state index is 0.0741. The van der Waals surface area contributed by atoms with Crippen LogP contribution in [-0.4, -0.2) is 37.5 Å². The first kappa shape index (κ1) is 19.3. The summed E-state index contributed by atoms with van der Waals surface area (Å²) >= 11 is 0. The first-order valence-corrected chi connectivity index (χ1v) is 8.34. The Kier molecular flexibility index (Phi) is 7.02. The number of hydrogen-bond acceptors (Lipinski definition) is 4. The lowest BCUT2D eigenvalue weighted by Crippen LogP contribution is -2.31. The molecule has 6 heteroatoms. The molecule has 0 heterocycles. The average molecular weight is 356 g/mol. The van der Waals surface area contributed by atoms with Crippen LogP contribution in [0.15, 0.2) is 48.5 Å². The van der Waals surface area contributed by atoms with E-state index in [1.54, 1.807) is 37.3 Å².